The van der Waals surface area contributed by atoms with Crippen LogP contribution in [0.5, 0.6) is 0 Å². The molecule has 3 amide bonds. The molecule has 1 aliphatic rings. The predicted molar refractivity (Wildman–Crippen MR) is 102 cm³/mol. The van der Waals surface area contributed by atoms with Gasteiger partial charge in [-0.1, -0.05) is 6.07 Å². The Morgan fingerprint density at radius 3 is 2.42 bits per heavy atom. The van der Waals surface area contributed by atoms with E-state index in [4.69, 9.17) is 0 Å². The quantitative estimate of drug-likeness (QED) is 0.727. The first-order valence-electron chi connectivity index (χ1n) is 9.14. The molecule has 7 nitrogen and oxygen atoms in total. The number of rotatable bonds is 8. The smallest absolute Gasteiger partial charge is 0.261 e. The van der Waals surface area contributed by atoms with E-state index in [1.54, 1.807) is 6.07 Å². The molecule has 0 aromatic carbocycles. The summed E-state index contributed by atoms with van der Waals surface area (Å²) in [5.74, 6) is 0.0600. The van der Waals surface area contributed by atoms with Crippen LogP contribution in [0.15, 0.2) is 17.5 Å². The van der Waals surface area contributed by atoms with Gasteiger partial charge < -0.3 is 15.1 Å². The number of hydrogen-bond donors (Lipinski definition) is 1. The summed E-state index contributed by atoms with van der Waals surface area (Å²) in [4.78, 5) is 42.7. The van der Waals surface area contributed by atoms with Crippen molar-refractivity contribution < 1.29 is 14.4 Å². The fourth-order valence-corrected chi connectivity index (χ4v) is 3.60. The van der Waals surface area contributed by atoms with E-state index >= 15 is 0 Å². The van der Waals surface area contributed by atoms with Gasteiger partial charge in [-0.25, -0.2) is 0 Å². The van der Waals surface area contributed by atoms with Gasteiger partial charge in [-0.15, -0.1) is 11.3 Å². The fourth-order valence-electron chi connectivity index (χ4n) is 2.96. The second-order valence-corrected chi connectivity index (χ2v) is 7.15. The molecule has 1 aromatic rings. The highest BCUT2D eigenvalue weighted by molar-refractivity contribution is 7.12. The SMILES string of the molecule is CCN(CC)C(=O)CN1CCN(C(=O)CCNC(=O)c2cccs2)CC1. The fraction of sp³-hybridized carbons (Fsp3) is 0.611. The number of carbonyl (C=O) groups is 3. The van der Waals surface area contributed by atoms with Crippen molar-refractivity contribution in [2.45, 2.75) is 20.3 Å². The van der Waals surface area contributed by atoms with Crippen LogP contribution >= 0.6 is 11.3 Å². The van der Waals surface area contributed by atoms with Crippen LogP contribution in [0, 0.1) is 0 Å². The van der Waals surface area contributed by atoms with Gasteiger partial charge in [0.2, 0.25) is 11.8 Å². The largest absolute Gasteiger partial charge is 0.351 e. The van der Waals surface area contributed by atoms with Gasteiger partial charge in [-0.2, -0.15) is 0 Å². The maximum Gasteiger partial charge on any atom is 0.261 e. The van der Waals surface area contributed by atoms with E-state index < -0.39 is 0 Å². The summed E-state index contributed by atoms with van der Waals surface area (Å²) >= 11 is 1.38. The molecule has 1 N–H and O–H groups in total. The van der Waals surface area contributed by atoms with E-state index in [1.807, 2.05) is 35.1 Å². The van der Waals surface area contributed by atoms with E-state index in [0.29, 0.717) is 50.6 Å². The summed E-state index contributed by atoms with van der Waals surface area (Å²) in [5.41, 5.74) is 0. The normalized spacial score (nSPS) is 14.9. The summed E-state index contributed by atoms with van der Waals surface area (Å²) in [6.45, 7) is 8.85. The third kappa shape index (κ3) is 5.81. The van der Waals surface area contributed by atoms with Crippen LogP contribution in [0.2, 0.25) is 0 Å². The minimum Gasteiger partial charge on any atom is -0.351 e. The Balaban J connectivity index is 1.66. The van der Waals surface area contributed by atoms with Crippen molar-refractivity contribution in [3.05, 3.63) is 22.4 Å². The van der Waals surface area contributed by atoms with E-state index in [2.05, 4.69) is 10.2 Å². The maximum absolute atomic E-state index is 12.3. The summed E-state index contributed by atoms with van der Waals surface area (Å²) in [7, 11) is 0. The number of likely N-dealkylation sites (N-methyl/N-ethyl adjacent to an activating group) is 1. The highest BCUT2D eigenvalue weighted by Gasteiger charge is 2.23. The topological polar surface area (TPSA) is 73.0 Å². The number of hydrogen-bond acceptors (Lipinski definition) is 5. The van der Waals surface area contributed by atoms with Crippen LogP contribution in [0.3, 0.4) is 0 Å². The Morgan fingerprint density at radius 2 is 1.85 bits per heavy atom. The lowest BCUT2D eigenvalue weighted by Crippen LogP contribution is -2.51. The Labute approximate surface area is 158 Å². The van der Waals surface area contributed by atoms with E-state index in [-0.39, 0.29) is 17.7 Å². The number of nitrogens with zero attached hydrogens (tertiary/aromatic N) is 3. The maximum atomic E-state index is 12.3. The molecular formula is C18H28N4O3S. The van der Waals surface area contributed by atoms with Crippen molar-refractivity contribution >= 4 is 29.1 Å². The molecule has 2 rings (SSSR count). The highest BCUT2D eigenvalue weighted by Crippen LogP contribution is 2.08. The molecule has 0 radical (unpaired) electrons. The number of carbonyl (C=O) groups excluding carboxylic acids is 3. The van der Waals surface area contributed by atoms with Crippen molar-refractivity contribution in [2.24, 2.45) is 0 Å². The molecule has 8 heteroatoms. The number of nitrogens with one attached hydrogen (secondary N) is 1. The lowest BCUT2D eigenvalue weighted by atomic mass is 10.2. The molecule has 0 saturated carbocycles. The van der Waals surface area contributed by atoms with Gasteiger partial charge in [0.25, 0.3) is 5.91 Å². The highest BCUT2D eigenvalue weighted by atomic mass is 32.1. The molecule has 2 heterocycles. The molecule has 0 atom stereocenters. The molecule has 144 valence electrons. The first-order valence-corrected chi connectivity index (χ1v) is 10.0. The summed E-state index contributed by atoms with van der Waals surface area (Å²) in [6.07, 6.45) is 0.301. The zero-order valence-electron chi connectivity index (χ0n) is 15.6. The van der Waals surface area contributed by atoms with Crippen molar-refractivity contribution in [2.75, 3.05) is 52.4 Å². The second kappa shape index (κ2) is 10.3. The first kappa shape index (κ1) is 20.4. The molecule has 1 aliphatic heterocycles. The van der Waals surface area contributed by atoms with Gasteiger partial charge in [0.1, 0.15) is 0 Å². The average Bonchev–Trinajstić information content (AvgIpc) is 3.18. The minimum absolute atomic E-state index is 0.0474. The third-order valence-electron chi connectivity index (χ3n) is 4.57. The van der Waals surface area contributed by atoms with Crippen LogP contribution < -0.4 is 5.32 Å². The molecule has 0 spiro atoms. The molecule has 0 unspecified atom stereocenters. The van der Waals surface area contributed by atoms with E-state index in [1.165, 1.54) is 11.3 Å². The molecule has 0 bridgehead atoms. The van der Waals surface area contributed by atoms with Gasteiger partial charge in [-0.05, 0) is 25.3 Å². The van der Waals surface area contributed by atoms with E-state index in [0.717, 1.165) is 13.1 Å². The molecule has 26 heavy (non-hydrogen) atoms. The van der Waals surface area contributed by atoms with Crippen molar-refractivity contribution in [3.63, 3.8) is 0 Å². The van der Waals surface area contributed by atoms with Crippen LogP contribution in [0.1, 0.15) is 29.9 Å². The number of piperazine rings is 1. The Morgan fingerprint density at radius 1 is 1.15 bits per heavy atom. The van der Waals surface area contributed by atoms with E-state index in [9.17, 15) is 14.4 Å². The second-order valence-electron chi connectivity index (χ2n) is 6.21. The monoisotopic (exact) mass is 380 g/mol. The molecular weight excluding hydrogens is 352 g/mol. The van der Waals surface area contributed by atoms with Crippen LogP contribution in [0.4, 0.5) is 0 Å². The predicted octanol–water partition coefficient (Wildman–Crippen LogP) is 0.881. The van der Waals surface area contributed by atoms with Crippen molar-refractivity contribution in [3.8, 4) is 0 Å². The van der Waals surface area contributed by atoms with Crippen LogP contribution in [-0.2, 0) is 9.59 Å². The first-order chi connectivity index (χ1) is 12.5. The minimum atomic E-state index is -0.132. The van der Waals surface area contributed by atoms with Gasteiger partial charge >= 0.3 is 0 Å². The zero-order valence-corrected chi connectivity index (χ0v) is 16.4. The Hall–Kier alpha value is -1.93. The van der Waals surface area contributed by atoms with Gasteiger partial charge in [0.15, 0.2) is 0 Å². The van der Waals surface area contributed by atoms with Crippen LogP contribution in [0.25, 0.3) is 0 Å². The zero-order chi connectivity index (χ0) is 18.9. The molecule has 1 aromatic heterocycles. The Bertz CT molecular complexity index is 594. The lowest BCUT2D eigenvalue weighted by molar-refractivity contribution is -0.134. The molecule has 1 fully saturated rings. The standard InChI is InChI=1S/C18H28N4O3S/c1-3-21(4-2)17(24)14-20-9-11-22(12-10-20)16(23)7-8-19-18(25)15-6-5-13-26-15/h5-6,13H,3-4,7-12,14H2,1-2H3,(H,19,25). The summed E-state index contributed by atoms with van der Waals surface area (Å²) in [6, 6.07) is 3.59. The van der Waals surface area contributed by atoms with Gasteiger partial charge in [0, 0.05) is 52.2 Å². The number of amides is 3. The van der Waals surface area contributed by atoms with Gasteiger partial charge in [-0.3, -0.25) is 19.3 Å². The average molecular weight is 381 g/mol. The summed E-state index contributed by atoms with van der Waals surface area (Å²) in [5, 5.41) is 4.63. The van der Waals surface area contributed by atoms with Crippen molar-refractivity contribution in [1.29, 1.82) is 0 Å². The Kier molecular flexibility index (Phi) is 8.06. The lowest BCUT2D eigenvalue weighted by Gasteiger charge is -2.35. The molecule has 0 aliphatic carbocycles. The molecule has 1 saturated heterocycles. The third-order valence-corrected chi connectivity index (χ3v) is 5.44. The van der Waals surface area contributed by atoms with Gasteiger partial charge in [0.05, 0.1) is 11.4 Å². The summed E-state index contributed by atoms with van der Waals surface area (Å²) < 4.78 is 0. The number of thiophene rings is 1. The van der Waals surface area contributed by atoms with Crippen LogP contribution in [-0.4, -0.2) is 84.8 Å². The van der Waals surface area contributed by atoms with Crippen molar-refractivity contribution in [1.82, 2.24) is 20.0 Å².